The van der Waals surface area contributed by atoms with Crippen LogP contribution in [0.25, 0.3) is 22.3 Å². The van der Waals surface area contributed by atoms with Crippen LogP contribution in [0.5, 0.6) is 0 Å². The molecule has 6 heterocycles. The zero-order valence-corrected chi connectivity index (χ0v) is 44.6. The topological polar surface area (TPSA) is 312 Å². The summed E-state index contributed by atoms with van der Waals surface area (Å²) in [7, 11) is -14.1. The molecule has 9 atom stereocenters. The van der Waals surface area contributed by atoms with E-state index >= 15 is 0 Å². The molecule has 0 radical (unpaired) electrons. The Balaban J connectivity index is 1.28. The summed E-state index contributed by atoms with van der Waals surface area (Å²) in [4.78, 5) is 72.7. The number of hydrogen-bond acceptors (Lipinski definition) is 19. The molecule has 1 amide bonds. The number of aliphatic hydroxyl groups excluding tert-OH is 1. The van der Waals surface area contributed by atoms with Gasteiger partial charge in [0.05, 0.1) is 0 Å². The van der Waals surface area contributed by atoms with Crippen molar-refractivity contribution in [3.63, 3.8) is 0 Å². The summed E-state index contributed by atoms with van der Waals surface area (Å²) < 4.78 is 66.2. The van der Waals surface area contributed by atoms with E-state index in [4.69, 9.17) is 36.4 Å². The molecule has 5 N–H and O–H groups in total. The second-order valence-corrected chi connectivity index (χ2v) is 32.2. The number of H-pyrrole nitrogens is 1. The number of carbonyl (C=O) groups is 1. The average Bonchev–Trinajstić information content (AvgIpc) is 4.06. The maximum atomic E-state index is 13.3. The van der Waals surface area contributed by atoms with Crippen molar-refractivity contribution < 1.29 is 60.7 Å². The number of fused-ring (bicyclic) bond motifs is 2. The van der Waals surface area contributed by atoms with E-state index in [2.05, 4.69) is 35.2 Å². The summed E-state index contributed by atoms with van der Waals surface area (Å²) in [5.41, 5.74) is 0.351. The standard InChI is InChI=1S/C42H62N10O14P2Si2/c1-41(2,3)69(7,8)65-31-27(62-39(30(31)53)51-24-49-29-36(51)46-22-47-38(29)55)20-61-68(58,60-18-14-17-43)64-33-32(66-70(9,10)42(4,5)6)26(19-59-67(56)57)63-40(33)52-23-48-28-34(44-21-45-35(28)52)50-37(54)25-15-12-11-13-16-25/h11-13,15-16,21-24,26-27,30-33,39-40,53,58,67-68H,14,18-20H2,1-10H3,(H,56,57)(H,46,47,55)(H,44,45,50,54)/t26?,27?,30-,31-,32-,33-,39?,40?/m1/s1. The fourth-order valence-electron chi connectivity index (χ4n) is 7.39. The SMILES string of the molecule is CC(C)(C)[Si](C)(C)O[C@@H]1C(CO[PH](O)(OCCC#N)O[C@H]2C(n3cnc4c(NC(=O)c5ccccc5)ncnc43)OC(CO[PH](=O)O)[C@H]2O[Si](C)(C)C(C)(C)C)OC(n2cnc3c(=O)[nH]cnc32)[C@@H]1O. The van der Waals surface area contributed by atoms with Crippen LogP contribution in [-0.2, 0) is 41.0 Å². The van der Waals surface area contributed by atoms with Crippen LogP contribution in [0.4, 0.5) is 5.82 Å². The van der Waals surface area contributed by atoms with E-state index in [-0.39, 0.29) is 46.2 Å². The number of ether oxygens (including phenoxy) is 2. The Morgan fingerprint density at radius 3 is 2.11 bits per heavy atom. The van der Waals surface area contributed by atoms with Gasteiger partial charge >= 0.3 is 402 Å². The quantitative estimate of drug-likeness (QED) is 0.0399. The van der Waals surface area contributed by atoms with E-state index in [1.807, 2.05) is 73.8 Å². The number of benzene rings is 1. The van der Waals surface area contributed by atoms with Gasteiger partial charge in [0, 0.05) is 0 Å². The molecule has 2 aliphatic rings. The number of hydrogen-bond donors (Lipinski definition) is 5. The molecule has 28 heteroatoms. The monoisotopic (exact) mass is 1050 g/mol. The molecule has 2 saturated heterocycles. The molecule has 0 bridgehead atoms. The minimum atomic E-state index is -5.08. The van der Waals surface area contributed by atoms with Crippen LogP contribution in [0, 0.1) is 11.3 Å². The van der Waals surface area contributed by atoms with E-state index in [0.717, 1.165) is 0 Å². The zero-order valence-electron chi connectivity index (χ0n) is 40.6. The van der Waals surface area contributed by atoms with Crippen LogP contribution in [0.1, 0.15) is 70.8 Å². The molecule has 70 heavy (non-hydrogen) atoms. The first-order valence-corrected chi connectivity index (χ1v) is 31.3. The van der Waals surface area contributed by atoms with Gasteiger partial charge in [-0.05, 0) is 0 Å². The van der Waals surface area contributed by atoms with Crippen molar-refractivity contribution >= 4 is 67.1 Å². The van der Waals surface area contributed by atoms with Gasteiger partial charge < -0.3 is 0 Å². The Bertz CT molecular complexity index is 2770. The van der Waals surface area contributed by atoms with Gasteiger partial charge in [-0.15, -0.1) is 0 Å². The Labute approximate surface area is 406 Å². The van der Waals surface area contributed by atoms with Crippen LogP contribution in [0.15, 0.2) is 60.4 Å². The van der Waals surface area contributed by atoms with E-state index < -0.39 is 112 Å². The van der Waals surface area contributed by atoms with Crippen molar-refractivity contribution in [2.45, 2.75) is 133 Å². The van der Waals surface area contributed by atoms with Crippen molar-refractivity contribution in [1.82, 2.24) is 39.0 Å². The second-order valence-electron chi connectivity index (χ2n) is 20.0. The molecule has 382 valence electrons. The van der Waals surface area contributed by atoms with Crippen LogP contribution in [-0.4, -0.2) is 133 Å². The van der Waals surface area contributed by atoms with Gasteiger partial charge in [0.1, 0.15) is 0 Å². The van der Waals surface area contributed by atoms with Crippen LogP contribution in [0.3, 0.4) is 0 Å². The van der Waals surface area contributed by atoms with Crippen LogP contribution >= 0.6 is 16.4 Å². The first kappa shape index (κ1) is 53.5. The number of aliphatic hydroxyl groups is 1. The summed E-state index contributed by atoms with van der Waals surface area (Å²) in [5.74, 6) is -0.379. The Morgan fingerprint density at radius 1 is 0.871 bits per heavy atom. The van der Waals surface area contributed by atoms with E-state index in [1.165, 1.54) is 34.4 Å². The molecular formula is C42H62N10O14P2Si2. The molecule has 7 rings (SSSR count). The predicted octanol–water partition coefficient (Wildman–Crippen LogP) is 5.28. The van der Waals surface area contributed by atoms with Gasteiger partial charge in [0.15, 0.2) is 0 Å². The normalized spacial score (nSPS) is 24.3. The fraction of sp³-hybridized carbons (Fsp3) is 0.571. The number of amides is 1. The summed E-state index contributed by atoms with van der Waals surface area (Å²) in [5, 5.41) is 23.7. The van der Waals surface area contributed by atoms with Gasteiger partial charge in [0.2, 0.25) is 0 Å². The first-order chi connectivity index (χ1) is 32.8. The number of rotatable bonds is 19. The number of carbonyl (C=O) groups excluding carboxylic acids is 1. The second kappa shape index (κ2) is 21.1. The van der Waals surface area contributed by atoms with E-state index in [9.17, 15) is 34.3 Å². The predicted molar refractivity (Wildman–Crippen MR) is 261 cm³/mol. The molecule has 0 spiro atoms. The first-order valence-electron chi connectivity index (χ1n) is 22.5. The molecule has 5 aromatic rings. The fourth-order valence-corrected chi connectivity index (χ4v) is 11.9. The molecule has 1 aromatic carbocycles. The van der Waals surface area contributed by atoms with Crippen molar-refractivity contribution in [1.29, 1.82) is 5.26 Å². The number of anilines is 1. The zero-order chi connectivity index (χ0) is 51.0. The van der Waals surface area contributed by atoms with Crippen LogP contribution < -0.4 is 10.9 Å². The van der Waals surface area contributed by atoms with Crippen molar-refractivity contribution in [3.05, 3.63) is 71.6 Å². The number of nitriles is 1. The van der Waals surface area contributed by atoms with Gasteiger partial charge in [-0.25, -0.2) is 0 Å². The van der Waals surface area contributed by atoms with Crippen molar-refractivity contribution in [2.24, 2.45) is 0 Å². The third kappa shape index (κ3) is 11.5. The van der Waals surface area contributed by atoms with Crippen molar-refractivity contribution in [3.8, 4) is 6.07 Å². The maximum absolute atomic E-state index is 13.3. The molecule has 2 fully saturated rings. The van der Waals surface area contributed by atoms with Gasteiger partial charge in [-0.3, -0.25) is 0 Å². The molecule has 5 unspecified atom stereocenters. The number of nitrogens with one attached hydrogen (secondary N) is 2. The van der Waals surface area contributed by atoms with Gasteiger partial charge in [0.25, 0.3) is 0 Å². The van der Waals surface area contributed by atoms with Crippen molar-refractivity contribution in [2.75, 3.05) is 25.1 Å². The molecule has 0 saturated carbocycles. The number of aromatic nitrogens is 8. The van der Waals surface area contributed by atoms with Gasteiger partial charge in [-0.2, -0.15) is 0 Å². The average molecular weight is 1050 g/mol. The minimum absolute atomic E-state index is 0.0178. The summed E-state index contributed by atoms with van der Waals surface area (Å²) in [6.07, 6.45) is -4.77. The van der Waals surface area contributed by atoms with E-state index in [1.54, 1.807) is 30.3 Å². The molecular weight excluding hydrogens is 987 g/mol. The van der Waals surface area contributed by atoms with E-state index in [0.29, 0.717) is 5.56 Å². The van der Waals surface area contributed by atoms with Gasteiger partial charge in [-0.1, -0.05) is 6.07 Å². The third-order valence-corrected chi connectivity index (χ3v) is 24.2. The Morgan fingerprint density at radius 2 is 1.47 bits per heavy atom. The molecule has 2 aliphatic heterocycles. The van der Waals surface area contributed by atoms with Crippen LogP contribution in [0.2, 0.25) is 36.3 Å². The summed E-state index contributed by atoms with van der Waals surface area (Å²) in [6, 6.07) is 10.5. The number of imidazole rings is 2. The number of aromatic amines is 1. The summed E-state index contributed by atoms with van der Waals surface area (Å²) >= 11 is 0. The third-order valence-electron chi connectivity index (χ3n) is 13.2. The Hall–Kier alpha value is -4.27. The summed E-state index contributed by atoms with van der Waals surface area (Å²) in [6.45, 7) is 18.8. The molecule has 4 aromatic heterocycles. The molecule has 24 nitrogen and oxygen atoms in total. The molecule has 0 aliphatic carbocycles. The number of nitrogens with zero attached hydrogens (tertiary/aromatic N) is 8. The Kier molecular flexibility index (Phi) is 16.1.